The molecule has 0 atom stereocenters. The van der Waals surface area contributed by atoms with Gasteiger partial charge in [-0.2, -0.15) is 0 Å². The van der Waals surface area contributed by atoms with Crippen LogP contribution < -0.4 is 4.90 Å². The van der Waals surface area contributed by atoms with Crippen LogP contribution in [0.5, 0.6) is 0 Å². The number of para-hydroxylation sites is 2. The van der Waals surface area contributed by atoms with Gasteiger partial charge >= 0.3 is 0 Å². The lowest BCUT2D eigenvalue weighted by atomic mass is 10.1. The highest BCUT2D eigenvalue weighted by Gasteiger charge is 2.36. The second-order valence-electron chi connectivity index (χ2n) is 5.89. The number of azo groups is 1. The van der Waals surface area contributed by atoms with Gasteiger partial charge in [-0.25, -0.2) is 5.06 Å². The van der Waals surface area contributed by atoms with E-state index in [4.69, 9.17) is 4.84 Å². The van der Waals surface area contributed by atoms with Crippen molar-refractivity contribution in [1.29, 1.82) is 0 Å². The molecule has 0 saturated heterocycles. The average Bonchev–Trinajstić information content (AvgIpc) is 3.04. The molecule has 1 aromatic rings. The Balaban J connectivity index is 1.84. The van der Waals surface area contributed by atoms with Crippen LogP contribution in [0, 0.1) is 10.1 Å². The second kappa shape index (κ2) is 5.71. The number of hydrogen-bond acceptors (Lipinski definition) is 8. The van der Waals surface area contributed by atoms with Gasteiger partial charge in [0.2, 0.25) is 0 Å². The second-order valence-corrected chi connectivity index (χ2v) is 5.89. The summed E-state index contributed by atoms with van der Waals surface area (Å²) < 4.78 is 0. The van der Waals surface area contributed by atoms with Crippen LogP contribution in [0.3, 0.4) is 0 Å². The van der Waals surface area contributed by atoms with Gasteiger partial charge in [0, 0.05) is 12.6 Å². The molecule has 9 heteroatoms. The van der Waals surface area contributed by atoms with Crippen molar-refractivity contribution < 1.29 is 9.76 Å². The quantitative estimate of drug-likeness (QED) is 0.621. The first-order valence-corrected chi connectivity index (χ1v) is 7.73. The molecule has 0 bridgehead atoms. The zero-order valence-electron chi connectivity index (χ0n) is 13.8. The summed E-state index contributed by atoms with van der Waals surface area (Å²) in [7, 11) is 1.58. The van der Waals surface area contributed by atoms with Gasteiger partial charge in [0.25, 0.3) is 5.69 Å². The van der Waals surface area contributed by atoms with E-state index in [9.17, 15) is 10.1 Å². The number of nitrogens with zero attached hydrogens (tertiary/aromatic N) is 6. The van der Waals surface area contributed by atoms with Crippen LogP contribution in [0.25, 0.3) is 0 Å². The molecular formula is C16H16N6O3. The molecule has 3 heterocycles. The van der Waals surface area contributed by atoms with Crippen molar-refractivity contribution in [3.8, 4) is 0 Å². The minimum atomic E-state index is -0.365. The molecule has 128 valence electrons. The molecule has 0 radical (unpaired) electrons. The summed E-state index contributed by atoms with van der Waals surface area (Å²) in [6, 6.07) is 6.72. The first kappa shape index (κ1) is 15.3. The lowest BCUT2D eigenvalue weighted by Gasteiger charge is -2.37. The average molecular weight is 340 g/mol. The maximum atomic E-state index is 11.5. The molecule has 0 unspecified atom stereocenters. The van der Waals surface area contributed by atoms with E-state index in [-0.39, 0.29) is 10.6 Å². The Labute approximate surface area is 143 Å². The Morgan fingerprint density at radius 1 is 1.24 bits per heavy atom. The monoisotopic (exact) mass is 340 g/mol. The van der Waals surface area contributed by atoms with Gasteiger partial charge < -0.3 is 4.90 Å². The number of allylic oxidation sites excluding steroid dienone is 1. The van der Waals surface area contributed by atoms with Crippen LogP contribution in [-0.2, 0) is 4.84 Å². The van der Waals surface area contributed by atoms with Crippen LogP contribution in [0.15, 0.2) is 69.7 Å². The van der Waals surface area contributed by atoms with E-state index in [2.05, 4.69) is 10.2 Å². The molecule has 3 aliphatic heterocycles. The zero-order chi connectivity index (χ0) is 17.6. The summed E-state index contributed by atoms with van der Waals surface area (Å²) in [5.74, 6) is 1.40. The molecule has 0 amide bonds. The summed E-state index contributed by atoms with van der Waals surface area (Å²) >= 11 is 0. The fraction of sp³-hybridized carbons (Fsp3) is 0.250. The van der Waals surface area contributed by atoms with Crippen molar-refractivity contribution in [1.82, 2.24) is 9.96 Å². The van der Waals surface area contributed by atoms with Gasteiger partial charge in [-0.15, -0.1) is 10.2 Å². The molecule has 9 nitrogen and oxygen atoms in total. The molecule has 0 N–H and O–H groups in total. The maximum Gasteiger partial charge on any atom is 0.292 e. The summed E-state index contributed by atoms with van der Waals surface area (Å²) in [5, 5.41) is 21.6. The van der Waals surface area contributed by atoms with Crippen LogP contribution in [0.1, 0.15) is 6.92 Å². The van der Waals surface area contributed by atoms with Gasteiger partial charge in [-0.05, 0) is 19.1 Å². The summed E-state index contributed by atoms with van der Waals surface area (Å²) in [6.07, 6.45) is 3.70. The fourth-order valence-corrected chi connectivity index (χ4v) is 3.13. The number of rotatable bonds is 3. The van der Waals surface area contributed by atoms with Gasteiger partial charge in [-0.3, -0.25) is 19.9 Å². The summed E-state index contributed by atoms with van der Waals surface area (Å²) in [5.41, 5.74) is 2.31. The molecule has 0 aliphatic carbocycles. The molecule has 25 heavy (non-hydrogen) atoms. The molecule has 0 fully saturated rings. The van der Waals surface area contributed by atoms with Crippen LogP contribution in [0.2, 0.25) is 0 Å². The lowest BCUT2D eigenvalue weighted by Crippen LogP contribution is -2.40. The van der Waals surface area contributed by atoms with Crippen molar-refractivity contribution >= 4 is 11.4 Å². The Hall–Kier alpha value is -3.20. The Kier molecular flexibility index (Phi) is 3.50. The molecule has 4 rings (SSSR count). The third kappa shape index (κ3) is 2.45. The molecule has 0 saturated carbocycles. The third-order valence-corrected chi connectivity index (χ3v) is 4.21. The normalized spacial score (nSPS) is 18.9. The lowest BCUT2D eigenvalue weighted by molar-refractivity contribution is -0.384. The summed E-state index contributed by atoms with van der Waals surface area (Å²) in [4.78, 5) is 20.2. The van der Waals surface area contributed by atoms with Crippen molar-refractivity contribution in [2.45, 2.75) is 6.92 Å². The van der Waals surface area contributed by atoms with Gasteiger partial charge in [0.1, 0.15) is 23.9 Å². The minimum Gasteiger partial charge on any atom is -0.316 e. The van der Waals surface area contributed by atoms with Crippen LogP contribution >= 0.6 is 0 Å². The Morgan fingerprint density at radius 2 is 2.04 bits per heavy atom. The standard InChI is InChI=1S/C16H16N6O3/c1-11-7-12-16(21-10-19(25-2)9-15(21)18-17-12)20(8-11)13-5-3-4-6-14(13)22(23)24/h3-7,9H,8,10H2,1-2H3. The highest BCUT2D eigenvalue weighted by Crippen LogP contribution is 2.40. The van der Waals surface area contributed by atoms with Crippen molar-refractivity contribution in [3.05, 3.63) is 69.6 Å². The molecule has 0 aromatic heterocycles. The van der Waals surface area contributed by atoms with E-state index in [1.807, 2.05) is 22.8 Å². The van der Waals surface area contributed by atoms with E-state index >= 15 is 0 Å². The highest BCUT2D eigenvalue weighted by atomic mass is 16.7. The number of hydrogen-bond donors (Lipinski definition) is 0. The van der Waals surface area contributed by atoms with Crippen molar-refractivity contribution in [2.24, 2.45) is 10.2 Å². The van der Waals surface area contributed by atoms with E-state index < -0.39 is 0 Å². The number of hydroxylamine groups is 2. The van der Waals surface area contributed by atoms with E-state index in [1.54, 1.807) is 36.6 Å². The Bertz CT molecular complexity index is 872. The maximum absolute atomic E-state index is 11.5. The number of anilines is 1. The minimum absolute atomic E-state index is 0.0555. The summed E-state index contributed by atoms with van der Waals surface area (Å²) in [6.45, 7) is 2.95. The molecular weight excluding hydrogens is 324 g/mol. The third-order valence-electron chi connectivity index (χ3n) is 4.21. The van der Waals surface area contributed by atoms with E-state index in [1.165, 1.54) is 6.07 Å². The number of fused-ring (bicyclic) bond motifs is 2. The number of nitro groups is 1. The molecule has 0 spiro atoms. The molecule has 3 aliphatic rings. The van der Waals surface area contributed by atoms with Crippen LogP contribution in [-0.4, -0.2) is 35.2 Å². The first-order valence-electron chi connectivity index (χ1n) is 7.73. The molecule has 1 aromatic carbocycles. The van der Waals surface area contributed by atoms with Gasteiger partial charge in [0.05, 0.1) is 18.2 Å². The number of nitro benzene ring substituents is 1. The predicted octanol–water partition coefficient (Wildman–Crippen LogP) is 2.93. The van der Waals surface area contributed by atoms with Crippen molar-refractivity contribution in [2.75, 3.05) is 25.2 Å². The van der Waals surface area contributed by atoms with Gasteiger partial charge in [-0.1, -0.05) is 17.7 Å². The predicted molar refractivity (Wildman–Crippen MR) is 89.7 cm³/mol. The highest BCUT2D eigenvalue weighted by molar-refractivity contribution is 5.68. The topological polar surface area (TPSA) is 86.8 Å². The van der Waals surface area contributed by atoms with Crippen molar-refractivity contribution in [3.63, 3.8) is 0 Å². The van der Waals surface area contributed by atoms with Crippen LogP contribution in [0.4, 0.5) is 11.4 Å². The van der Waals surface area contributed by atoms with E-state index in [0.29, 0.717) is 30.4 Å². The first-order chi connectivity index (χ1) is 12.1. The number of benzene rings is 1. The fourth-order valence-electron chi connectivity index (χ4n) is 3.13. The smallest absolute Gasteiger partial charge is 0.292 e. The van der Waals surface area contributed by atoms with Gasteiger partial charge in [0.15, 0.2) is 5.82 Å². The zero-order valence-corrected chi connectivity index (χ0v) is 13.8. The SMILES string of the molecule is CON1C=C2N=NC3=C(N2C1)N(c1ccccc1[N+](=O)[O-])CC(C)=C3. The Morgan fingerprint density at radius 3 is 2.80 bits per heavy atom. The largest absolute Gasteiger partial charge is 0.316 e. The van der Waals surface area contributed by atoms with E-state index in [0.717, 1.165) is 11.4 Å².